The van der Waals surface area contributed by atoms with Crippen LogP contribution in [0.3, 0.4) is 0 Å². The van der Waals surface area contributed by atoms with Crippen molar-refractivity contribution in [2.24, 2.45) is 5.73 Å². The fourth-order valence-electron chi connectivity index (χ4n) is 2.41. The van der Waals surface area contributed by atoms with Crippen LogP contribution in [0.2, 0.25) is 0 Å². The molecule has 0 amide bonds. The van der Waals surface area contributed by atoms with Crippen LogP contribution < -0.4 is 11.1 Å². The molecule has 0 saturated carbocycles. The number of nitrogens with two attached hydrogens (primary N) is 1. The maximum absolute atomic E-state index is 11.0. The van der Waals surface area contributed by atoms with Gasteiger partial charge in [0.2, 0.25) is 0 Å². The molecule has 7 heteroatoms. The normalized spacial score (nSPS) is 10.7. The fourth-order valence-corrected chi connectivity index (χ4v) is 2.41. The molecule has 3 rings (SSSR count). The van der Waals surface area contributed by atoms with Crippen LogP contribution in [-0.4, -0.2) is 28.2 Å². The average Bonchev–Trinajstić information content (AvgIpc) is 2.59. The second-order valence-electron chi connectivity index (χ2n) is 4.97. The maximum atomic E-state index is 11.0. The number of aromatic nitrogens is 2. The molecule has 0 atom stereocenters. The lowest BCUT2D eigenvalue weighted by atomic mass is 10.0. The topological polar surface area (TPSA) is 107 Å². The highest BCUT2D eigenvalue weighted by atomic mass is 16.6. The first-order chi connectivity index (χ1) is 11.2. The summed E-state index contributed by atoms with van der Waals surface area (Å²) in [7, 11) is 0. The summed E-state index contributed by atoms with van der Waals surface area (Å²) in [5.41, 5.74) is 6.81. The summed E-state index contributed by atoms with van der Waals surface area (Å²) in [5, 5.41) is 24.3. The molecule has 0 aliphatic rings. The Hall–Kier alpha value is -3.06. The van der Waals surface area contributed by atoms with Crippen LogP contribution in [0.15, 0.2) is 48.5 Å². The van der Waals surface area contributed by atoms with Crippen molar-refractivity contribution in [3.05, 3.63) is 58.6 Å². The van der Waals surface area contributed by atoms with Crippen LogP contribution in [0, 0.1) is 10.1 Å². The minimum Gasteiger partial charge on any atom is -0.367 e. The molecule has 0 saturated heterocycles. The van der Waals surface area contributed by atoms with E-state index in [1.807, 2.05) is 24.3 Å². The van der Waals surface area contributed by atoms with Crippen molar-refractivity contribution in [1.82, 2.24) is 10.2 Å². The summed E-state index contributed by atoms with van der Waals surface area (Å²) in [4.78, 5) is 10.5. The molecule has 0 fully saturated rings. The van der Waals surface area contributed by atoms with Gasteiger partial charge in [-0.3, -0.25) is 10.1 Å². The van der Waals surface area contributed by atoms with E-state index in [9.17, 15) is 10.1 Å². The highest BCUT2D eigenvalue weighted by Gasteiger charge is 2.13. The Labute approximate surface area is 132 Å². The van der Waals surface area contributed by atoms with E-state index in [2.05, 4.69) is 15.5 Å². The van der Waals surface area contributed by atoms with Gasteiger partial charge in [0, 0.05) is 41.6 Å². The Bertz CT molecular complexity index is 866. The molecule has 116 valence electrons. The Morgan fingerprint density at radius 3 is 2.61 bits per heavy atom. The van der Waals surface area contributed by atoms with Crippen molar-refractivity contribution in [3.63, 3.8) is 0 Å². The van der Waals surface area contributed by atoms with E-state index in [4.69, 9.17) is 5.73 Å². The van der Waals surface area contributed by atoms with E-state index in [-0.39, 0.29) is 5.69 Å². The summed E-state index contributed by atoms with van der Waals surface area (Å²) in [6.45, 7) is 1.08. The predicted molar refractivity (Wildman–Crippen MR) is 89.2 cm³/mol. The third-order valence-electron chi connectivity index (χ3n) is 3.45. The van der Waals surface area contributed by atoms with E-state index in [0.717, 1.165) is 10.8 Å². The van der Waals surface area contributed by atoms with Gasteiger partial charge in [0.1, 0.15) is 5.69 Å². The monoisotopic (exact) mass is 309 g/mol. The van der Waals surface area contributed by atoms with Gasteiger partial charge >= 0.3 is 0 Å². The van der Waals surface area contributed by atoms with Gasteiger partial charge in [-0.2, -0.15) is 0 Å². The van der Waals surface area contributed by atoms with Gasteiger partial charge < -0.3 is 11.1 Å². The number of nitrogens with one attached hydrogen (secondary N) is 1. The van der Waals surface area contributed by atoms with Crippen molar-refractivity contribution >= 4 is 22.3 Å². The third-order valence-corrected chi connectivity index (χ3v) is 3.45. The average molecular weight is 309 g/mol. The fraction of sp³-hybridized carbons (Fsp3) is 0.125. The van der Waals surface area contributed by atoms with Crippen LogP contribution in [0.1, 0.15) is 0 Å². The lowest BCUT2D eigenvalue weighted by molar-refractivity contribution is -0.384. The number of non-ortho nitro benzene ring substituents is 1. The van der Waals surface area contributed by atoms with Gasteiger partial charge in [0.15, 0.2) is 5.82 Å². The number of nitrogens with zero attached hydrogens (tertiary/aromatic N) is 3. The smallest absolute Gasteiger partial charge is 0.270 e. The molecule has 0 spiro atoms. The molecule has 2 aromatic carbocycles. The Morgan fingerprint density at radius 2 is 1.87 bits per heavy atom. The van der Waals surface area contributed by atoms with Gasteiger partial charge in [-0.1, -0.05) is 36.4 Å². The Balaban J connectivity index is 2.15. The van der Waals surface area contributed by atoms with Gasteiger partial charge in [-0.15, -0.1) is 10.2 Å². The Morgan fingerprint density at radius 1 is 1.09 bits per heavy atom. The van der Waals surface area contributed by atoms with Crippen LogP contribution >= 0.6 is 0 Å². The SMILES string of the molecule is NCCNc1nnc(-c2cccc([N+](=O)[O-])c2)c2ccccc12. The van der Waals surface area contributed by atoms with Crippen LogP contribution in [0.4, 0.5) is 11.5 Å². The van der Waals surface area contributed by atoms with E-state index < -0.39 is 4.92 Å². The van der Waals surface area contributed by atoms with Crippen LogP contribution in [0.5, 0.6) is 0 Å². The first-order valence-corrected chi connectivity index (χ1v) is 7.15. The molecule has 3 N–H and O–H groups in total. The minimum atomic E-state index is -0.420. The lowest BCUT2D eigenvalue weighted by Gasteiger charge is -2.10. The van der Waals surface area contributed by atoms with Crippen molar-refractivity contribution in [1.29, 1.82) is 0 Å². The molecule has 3 aromatic rings. The molecule has 23 heavy (non-hydrogen) atoms. The number of hydrogen-bond donors (Lipinski definition) is 2. The van der Waals surface area contributed by atoms with Gasteiger partial charge in [0.25, 0.3) is 5.69 Å². The van der Waals surface area contributed by atoms with E-state index in [1.165, 1.54) is 12.1 Å². The van der Waals surface area contributed by atoms with Crippen LogP contribution in [-0.2, 0) is 0 Å². The first kappa shape index (κ1) is 14.9. The third kappa shape index (κ3) is 2.95. The zero-order chi connectivity index (χ0) is 16.2. The van der Waals surface area contributed by atoms with E-state index in [0.29, 0.717) is 30.2 Å². The molecule has 7 nitrogen and oxygen atoms in total. The van der Waals surface area contributed by atoms with Gasteiger partial charge in [0.05, 0.1) is 4.92 Å². The summed E-state index contributed by atoms with van der Waals surface area (Å²) < 4.78 is 0. The Kier molecular flexibility index (Phi) is 4.11. The summed E-state index contributed by atoms with van der Waals surface area (Å²) >= 11 is 0. The standard InChI is InChI=1S/C16H15N5O2/c17-8-9-18-16-14-7-2-1-6-13(14)15(19-20-16)11-4-3-5-12(10-11)21(22)23/h1-7,10H,8-9,17H2,(H,18,20). The number of anilines is 1. The number of nitro groups is 1. The summed E-state index contributed by atoms with van der Waals surface area (Å²) in [6, 6.07) is 14.1. The number of rotatable bonds is 5. The van der Waals surface area contributed by atoms with Crippen molar-refractivity contribution in [3.8, 4) is 11.3 Å². The van der Waals surface area contributed by atoms with Crippen molar-refractivity contribution in [2.75, 3.05) is 18.4 Å². The number of hydrogen-bond acceptors (Lipinski definition) is 6. The summed E-state index contributed by atoms with van der Waals surface area (Å²) in [5.74, 6) is 0.653. The molecule has 0 aliphatic carbocycles. The zero-order valence-electron chi connectivity index (χ0n) is 12.3. The van der Waals surface area contributed by atoms with Gasteiger partial charge in [-0.25, -0.2) is 0 Å². The molecule has 0 radical (unpaired) electrons. The number of nitro benzene ring substituents is 1. The zero-order valence-corrected chi connectivity index (χ0v) is 12.3. The van der Waals surface area contributed by atoms with Crippen molar-refractivity contribution in [2.45, 2.75) is 0 Å². The van der Waals surface area contributed by atoms with Gasteiger partial charge in [-0.05, 0) is 0 Å². The molecular formula is C16H15N5O2. The maximum Gasteiger partial charge on any atom is 0.270 e. The molecule has 1 heterocycles. The quantitative estimate of drug-likeness (QED) is 0.554. The highest BCUT2D eigenvalue weighted by molar-refractivity contribution is 6.00. The largest absolute Gasteiger partial charge is 0.367 e. The predicted octanol–water partition coefficient (Wildman–Crippen LogP) is 2.58. The molecule has 0 bridgehead atoms. The first-order valence-electron chi connectivity index (χ1n) is 7.15. The molecular weight excluding hydrogens is 294 g/mol. The second kappa shape index (κ2) is 6.37. The second-order valence-corrected chi connectivity index (χ2v) is 4.97. The van der Waals surface area contributed by atoms with Crippen molar-refractivity contribution < 1.29 is 4.92 Å². The lowest BCUT2D eigenvalue weighted by Crippen LogP contribution is -2.14. The van der Waals surface area contributed by atoms with E-state index >= 15 is 0 Å². The molecule has 1 aromatic heterocycles. The molecule has 0 unspecified atom stereocenters. The molecule has 0 aliphatic heterocycles. The number of fused-ring (bicyclic) bond motifs is 1. The highest BCUT2D eigenvalue weighted by Crippen LogP contribution is 2.31. The minimum absolute atomic E-state index is 0.0266. The number of benzene rings is 2. The van der Waals surface area contributed by atoms with E-state index in [1.54, 1.807) is 12.1 Å². The van der Waals surface area contributed by atoms with Crippen LogP contribution in [0.25, 0.3) is 22.0 Å². The summed E-state index contributed by atoms with van der Waals surface area (Å²) in [6.07, 6.45) is 0.